The molecular formula is C23H15Br2ClN4O3. The van der Waals surface area contributed by atoms with E-state index in [1.54, 1.807) is 72.8 Å². The van der Waals surface area contributed by atoms with Crippen molar-refractivity contribution in [3.63, 3.8) is 0 Å². The van der Waals surface area contributed by atoms with Crippen LogP contribution in [0.1, 0.15) is 10.5 Å². The van der Waals surface area contributed by atoms with Crippen LogP contribution >= 0.6 is 43.5 Å². The third kappa shape index (κ3) is 5.44. The fraction of sp³-hybridized carbons (Fsp3) is 0. The van der Waals surface area contributed by atoms with E-state index in [0.717, 1.165) is 8.95 Å². The molecule has 0 aliphatic carbocycles. The number of carbonyl (C=O) groups is 3. The van der Waals surface area contributed by atoms with Crippen LogP contribution in [0, 0.1) is 0 Å². The summed E-state index contributed by atoms with van der Waals surface area (Å²) in [6, 6.07) is 20.4. The number of anilines is 2. The molecule has 0 radical (unpaired) electrons. The van der Waals surface area contributed by atoms with E-state index in [1.165, 1.54) is 4.68 Å². The first-order valence-corrected chi connectivity index (χ1v) is 11.5. The van der Waals surface area contributed by atoms with Crippen LogP contribution in [0.15, 0.2) is 81.7 Å². The van der Waals surface area contributed by atoms with Gasteiger partial charge in [0.1, 0.15) is 5.69 Å². The molecule has 3 amide bonds. The summed E-state index contributed by atoms with van der Waals surface area (Å²) < 4.78 is 2.92. The lowest BCUT2D eigenvalue weighted by Gasteiger charge is -2.13. The summed E-state index contributed by atoms with van der Waals surface area (Å²) in [7, 11) is 0. The summed E-state index contributed by atoms with van der Waals surface area (Å²) in [6.07, 6.45) is 0. The molecule has 3 N–H and O–H groups in total. The number of hydrogen-bond acceptors (Lipinski definition) is 3. The van der Waals surface area contributed by atoms with Crippen LogP contribution in [0.25, 0.3) is 10.9 Å². The molecule has 33 heavy (non-hydrogen) atoms. The zero-order valence-electron chi connectivity index (χ0n) is 16.7. The van der Waals surface area contributed by atoms with Crippen molar-refractivity contribution in [2.24, 2.45) is 0 Å². The number of fused-ring (bicyclic) bond motifs is 1. The highest BCUT2D eigenvalue weighted by atomic mass is 79.9. The lowest BCUT2D eigenvalue weighted by Crippen LogP contribution is -2.36. The van der Waals surface area contributed by atoms with Gasteiger partial charge in [-0.1, -0.05) is 49.5 Å². The molecule has 0 aliphatic heterocycles. The normalized spacial score (nSPS) is 10.6. The zero-order valence-corrected chi connectivity index (χ0v) is 20.7. The summed E-state index contributed by atoms with van der Waals surface area (Å²) in [5, 5.41) is 6.43. The van der Waals surface area contributed by atoms with E-state index in [-0.39, 0.29) is 5.69 Å². The molecule has 3 aromatic carbocycles. The van der Waals surface area contributed by atoms with Crippen molar-refractivity contribution in [2.75, 3.05) is 16.1 Å². The van der Waals surface area contributed by atoms with Crippen LogP contribution in [0.3, 0.4) is 0 Å². The number of aromatic nitrogens is 1. The summed E-state index contributed by atoms with van der Waals surface area (Å²) in [5.41, 5.74) is 4.14. The molecule has 4 rings (SSSR count). The Hall–Kier alpha value is -3.14. The number of carbonyl (C=O) groups excluding carboxylic acids is 3. The van der Waals surface area contributed by atoms with Gasteiger partial charge in [0.05, 0.1) is 5.52 Å². The molecule has 0 atom stereocenters. The summed E-state index contributed by atoms with van der Waals surface area (Å²) in [4.78, 5) is 38.1. The Labute approximate surface area is 210 Å². The van der Waals surface area contributed by atoms with E-state index >= 15 is 0 Å². The Balaban J connectivity index is 1.62. The molecule has 1 heterocycles. The highest BCUT2D eigenvalue weighted by Gasteiger charge is 2.21. The molecule has 10 heteroatoms. The Bertz CT molecular complexity index is 1390. The Morgan fingerprint density at radius 2 is 1.48 bits per heavy atom. The quantitative estimate of drug-likeness (QED) is 0.263. The van der Waals surface area contributed by atoms with Crippen LogP contribution in [-0.2, 0) is 9.59 Å². The molecule has 4 aromatic rings. The predicted octanol–water partition coefficient (Wildman–Crippen LogP) is 5.78. The first-order chi connectivity index (χ1) is 15.8. The lowest BCUT2D eigenvalue weighted by molar-refractivity contribution is -0.133. The largest absolute Gasteiger partial charge is 0.328 e. The number of nitrogens with one attached hydrogen (secondary N) is 3. The molecule has 0 aliphatic rings. The molecule has 0 bridgehead atoms. The number of hydrogen-bond donors (Lipinski definition) is 3. The Morgan fingerprint density at radius 3 is 2.21 bits per heavy atom. The van der Waals surface area contributed by atoms with Gasteiger partial charge in [-0.3, -0.25) is 19.8 Å². The molecule has 0 saturated heterocycles. The third-order valence-corrected chi connectivity index (χ3v) is 5.86. The highest BCUT2D eigenvalue weighted by Crippen LogP contribution is 2.24. The van der Waals surface area contributed by atoms with Crippen LogP contribution in [0.4, 0.5) is 11.4 Å². The average molecular weight is 591 g/mol. The van der Waals surface area contributed by atoms with Gasteiger partial charge >= 0.3 is 11.8 Å². The van der Waals surface area contributed by atoms with E-state index in [9.17, 15) is 14.4 Å². The summed E-state index contributed by atoms with van der Waals surface area (Å²) >= 11 is 12.7. The number of rotatable bonds is 4. The smallest absolute Gasteiger partial charge is 0.321 e. The van der Waals surface area contributed by atoms with E-state index < -0.39 is 17.7 Å². The first-order valence-electron chi connectivity index (χ1n) is 9.56. The molecule has 7 nitrogen and oxygen atoms in total. The maximum absolute atomic E-state index is 13.0. The van der Waals surface area contributed by atoms with E-state index in [1.807, 2.05) is 0 Å². The van der Waals surface area contributed by atoms with Crippen molar-refractivity contribution < 1.29 is 14.4 Å². The van der Waals surface area contributed by atoms with Crippen molar-refractivity contribution in [3.8, 4) is 0 Å². The lowest BCUT2D eigenvalue weighted by atomic mass is 10.2. The van der Waals surface area contributed by atoms with Crippen LogP contribution in [-0.4, -0.2) is 22.4 Å². The molecule has 0 spiro atoms. The van der Waals surface area contributed by atoms with Gasteiger partial charge in [0.25, 0.3) is 5.91 Å². The minimum atomic E-state index is -0.935. The van der Waals surface area contributed by atoms with Gasteiger partial charge in [-0.25, -0.2) is 4.68 Å². The minimum Gasteiger partial charge on any atom is -0.321 e. The van der Waals surface area contributed by atoms with Gasteiger partial charge in [-0.15, -0.1) is 0 Å². The Kier molecular flexibility index (Phi) is 6.83. The molecule has 0 saturated carbocycles. The number of amides is 3. The number of benzene rings is 3. The zero-order chi connectivity index (χ0) is 23.5. The maximum atomic E-state index is 13.0. The summed E-state index contributed by atoms with van der Waals surface area (Å²) in [5.74, 6) is -2.30. The monoisotopic (exact) mass is 588 g/mol. The molecule has 1 aromatic heterocycles. The van der Waals surface area contributed by atoms with Crippen molar-refractivity contribution in [1.82, 2.24) is 4.68 Å². The van der Waals surface area contributed by atoms with Crippen LogP contribution in [0.5, 0.6) is 0 Å². The SMILES string of the molecule is O=C(Nc1ccc(Br)cc1)C(=O)Nn1c(C(=O)Nc2cccc(Cl)c2)cc2cc(Br)ccc21. The van der Waals surface area contributed by atoms with Gasteiger partial charge in [0.2, 0.25) is 0 Å². The second-order valence-corrected chi connectivity index (χ2v) is 9.20. The Morgan fingerprint density at radius 1 is 0.758 bits per heavy atom. The predicted molar refractivity (Wildman–Crippen MR) is 136 cm³/mol. The maximum Gasteiger partial charge on any atom is 0.328 e. The second kappa shape index (κ2) is 9.78. The standard InChI is InChI=1S/C23H15Br2ClN4O3/c24-14-4-7-17(8-5-14)27-22(32)23(33)29-30-19-9-6-15(25)10-13(19)11-20(30)21(31)28-18-3-1-2-16(26)12-18/h1-12H,(H,27,32)(H,28,31)(H,29,33). The minimum absolute atomic E-state index is 0.132. The number of halogens is 3. The van der Waals surface area contributed by atoms with Gasteiger partial charge in [0.15, 0.2) is 0 Å². The van der Waals surface area contributed by atoms with Crippen LogP contribution in [0.2, 0.25) is 5.02 Å². The van der Waals surface area contributed by atoms with Crippen molar-refractivity contribution in [3.05, 3.63) is 92.5 Å². The van der Waals surface area contributed by atoms with Crippen LogP contribution < -0.4 is 16.1 Å². The third-order valence-electron chi connectivity index (χ3n) is 4.60. The second-order valence-electron chi connectivity index (χ2n) is 6.93. The van der Waals surface area contributed by atoms with E-state index in [2.05, 4.69) is 47.9 Å². The summed E-state index contributed by atoms with van der Waals surface area (Å²) in [6.45, 7) is 0. The van der Waals surface area contributed by atoms with Gasteiger partial charge in [-0.2, -0.15) is 0 Å². The topological polar surface area (TPSA) is 92.2 Å². The van der Waals surface area contributed by atoms with Crippen molar-refractivity contribution >= 4 is 83.5 Å². The molecule has 166 valence electrons. The first kappa shape index (κ1) is 23.0. The molecule has 0 fully saturated rings. The highest BCUT2D eigenvalue weighted by molar-refractivity contribution is 9.10. The van der Waals surface area contributed by atoms with E-state index in [4.69, 9.17) is 11.6 Å². The van der Waals surface area contributed by atoms with Crippen molar-refractivity contribution in [1.29, 1.82) is 0 Å². The molecular weight excluding hydrogens is 576 g/mol. The molecule has 0 unspecified atom stereocenters. The fourth-order valence-corrected chi connectivity index (χ4v) is 3.94. The number of nitrogens with zero attached hydrogens (tertiary/aromatic N) is 1. The van der Waals surface area contributed by atoms with E-state index in [0.29, 0.717) is 27.3 Å². The van der Waals surface area contributed by atoms with Gasteiger partial charge in [0, 0.05) is 30.7 Å². The van der Waals surface area contributed by atoms with Crippen molar-refractivity contribution in [2.45, 2.75) is 0 Å². The van der Waals surface area contributed by atoms with Gasteiger partial charge in [-0.05, 0) is 66.7 Å². The van der Waals surface area contributed by atoms with Gasteiger partial charge < -0.3 is 10.6 Å². The fourth-order valence-electron chi connectivity index (χ4n) is 3.11. The average Bonchev–Trinajstić information content (AvgIpc) is 3.12.